The molecule has 22 heavy (non-hydrogen) atoms. The van der Waals surface area contributed by atoms with Crippen LogP contribution in [0, 0.1) is 0 Å². The molecule has 0 radical (unpaired) electrons. The zero-order valence-electron chi connectivity index (χ0n) is 11.2. The van der Waals surface area contributed by atoms with Gasteiger partial charge in [-0.05, 0) is 12.1 Å². The van der Waals surface area contributed by atoms with Gasteiger partial charge in [0.2, 0.25) is 5.78 Å². The number of halogens is 3. The second-order valence-corrected chi connectivity index (χ2v) is 5.88. The average Bonchev–Trinajstić information content (AvgIpc) is 2.93. The van der Waals surface area contributed by atoms with Crippen LogP contribution in [0.1, 0.15) is 10.4 Å². The summed E-state index contributed by atoms with van der Waals surface area (Å²) in [5.41, 5.74) is 1.48. The molecule has 1 heterocycles. The lowest BCUT2D eigenvalue weighted by atomic mass is 10.1. The molecule has 0 aliphatic carbocycles. The van der Waals surface area contributed by atoms with E-state index in [0.717, 1.165) is 10.9 Å². The van der Waals surface area contributed by atoms with Crippen molar-refractivity contribution in [2.24, 2.45) is 0 Å². The van der Waals surface area contributed by atoms with Gasteiger partial charge in [0.15, 0.2) is 6.61 Å². The molecule has 112 valence electrons. The van der Waals surface area contributed by atoms with Gasteiger partial charge in [-0.3, -0.25) is 4.79 Å². The minimum absolute atomic E-state index is 0.139. The van der Waals surface area contributed by atoms with E-state index < -0.39 is 0 Å². The van der Waals surface area contributed by atoms with Gasteiger partial charge >= 0.3 is 0 Å². The van der Waals surface area contributed by atoms with Crippen molar-refractivity contribution in [3.05, 3.63) is 63.2 Å². The van der Waals surface area contributed by atoms with E-state index in [2.05, 4.69) is 4.98 Å². The van der Waals surface area contributed by atoms with Crippen molar-refractivity contribution in [1.82, 2.24) is 4.98 Å². The normalized spacial score (nSPS) is 10.9. The van der Waals surface area contributed by atoms with E-state index in [1.54, 1.807) is 6.20 Å². The summed E-state index contributed by atoms with van der Waals surface area (Å²) in [6, 6.07) is 10.5. The molecule has 0 spiro atoms. The number of aromatic nitrogens is 1. The predicted molar refractivity (Wildman–Crippen MR) is 89.6 cm³/mol. The van der Waals surface area contributed by atoms with Gasteiger partial charge < -0.3 is 9.72 Å². The molecule has 0 fully saturated rings. The van der Waals surface area contributed by atoms with Gasteiger partial charge in [0.1, 0.15) is 5.75 Å². The van der Waals surface area contributed by atoms with Crippen LogP contribution in [0.25, 0.3) is 10.9 Å². The Balaban J connectivity index is 1.79. The van der Waals surface area contributed by atoms with Gasteiger partial charge in [0, 0.05) is 28.7 Å². The summed E-state index contributed by atoms with van der Waals surface area (Å²) in [5.74, 6) is 0.170. The number of nitrogens with one attached hydrogen (secondary N) is 1. The van der Waals surface area contributed by atoms with Gasteiger partial charge in [-0.1, -0.05) is 53.0 Å². The number of H-pyrrole nitrogens is 1. The summed E-state index contributed by atoms with van der Waals surface area (Å²) in [7, 11) is 0. The molecular formula is C16H10Cl3NO2. The third kappa shape index (κ3) is 2.93. The summed E-state index contributed by atoms with van der Waals surface area (Å²) in [6.07, 6.45) is 1.67. The van der Waals surface area contributed by atoms with Crippen molar-refractivity contribution in [3.63, 3.8) is 0 Å². The van der Waals surface area contributed by atoms with Gasteiger partial charge in [-0.2, -0.15) is 0 Å². The zero-order valence-corrected chi connectivity index (χ0v) is 13.5. The van der Waals surface area contributed by atoms with Crippen molar-refractivity contribution in [2.75, 3.05) is 6.61 Å². The van der Waals surface area contributed by atoms with Crippen LogP contribution >= 0.6 is 34.8 Å². The first-order valence-electron chi connectivity index (χ1n) is 6.43. The number of aromatic amines is 1. The van der Waals surface area contributed by atoms with Crippen LogP contribution < -0.4 is 4.74 Å². The molecule has 0 amide bonds. The molecule has 0 aliphatic heterocycles. The van der Waals surface area contributed by atoms with E-state index in [1.807, 2.05) is 24.3 Å². The maximum absolute atomic E-state index is 12.3. The highest BCUT2D eigenvalue weighted by atomic mass is 35.5. The minimum atomic E-state index is -0.153. The Bertz CT molecular complexity index is 858. The SMILES string of the molecule is O=C(COc1cc(Cl)c(Cl)cc1Cl)c1c[nH]c2ccccc12. The number of ketones is 1. The van der Waals surface area contributed by atoms with Crippen molar-refractivity contribution < 1.29 is 9.53 Å². The summed E-state index contributed by atoms with van der Waals surface area (Å²) >= 11 is 17.8. The first-order chi connectivity index (χ1) is 10.6. The highest BCUT2D eigenvalue weighted by molar-refractivity contribution is 6.43. The molecule has 0 saturated carbocycles. The van der Waals surface area contributed by atoms with E-state index in [-0.39, 0.29) is 12.4 Å². The third-order valence-electron chi connectivity index (χ3n) is 3.22. The lowest BCUT2D eigenvalue weighted by molar-refractivity contribution is 0.0923. The van der Waals surface area contributed by atoms with Crippen LogP contribution in [0.4, 0.5) is 0 Å². The van der Waals surface area contributed by atoms with E-state index >= 15 is 0 Å². The predicted octanol–water partition coefficient (Wildman–Crippen LogP) is 5.39. The first kappa shape index (κ1) is 15.2. The monoisotopic (exact) mass is 353 g/mol. The lowest BCUT2D eigenvalue weighted by Gasteiger charge is -2.08. The highest BCUT2D eigenvalue weighted by Gasteiger charge is 2.14. The van der Waals surface area contributed by atoms with Gasteiger partial charge in [-0.25, -0.2) is 0 Å². The molecule has 0 unspecified atom stereocenters. The number of fused-ring (bicyclic) bond motifs is 1. The Morgan fingerprint density at radius 3 is 2.59 bits per heavy atom. The maximum Gasteiger partial charge on any atom is 0.202 e. The smallest absolute Gasteiger partial charge is 0.202 e. The van der Waals surface area contributed by atoms with Crippen molar-refractivity contribution in [3.8, 4) is 5.75 Å². The maximum atomic E-state index is 12.3. The van der Waals surface area contributed by atoms with Crippen molar-refractivity contribution >= 4 is 51.5 Å². The van der Waals surface area contributed by atoms with Crippen molar-refractivity contribution in [1.29, 1.82) is 0 Å². The van der Waals surface area contributed by atoms with Crippen molar-refractivity contribution in [2.45, 2.75) is 0 Å². The molecule has 0 atom stereocenters. The second-order valence-electron chi connectivity index (χ2n) is 4.66. The fourth-order valence-electron chi connectivity index (χ4n) is 2.14. The molecule has 2 aromatic carbocycles. The van der Waals surface area contributed by atoms with Crippen LogP contribution in [-0.2, 0) is 0 Å². The summed E-state index contributed by atoms with van der Waals surface area (Å²) < 4.78 is 5.47. The number of hydrogen-bond donors (Lipinski definition) is 1. The van der Waals surface area contributed by atoms with Gasteiger partial charge in [0.05, 0.1) is 15.1 Å². The second kappa shape index (κ2) is 6.21. The summed E-state index contributed by atoms with van der Waals surface area (Å²) in [4.78, 5) is 15.4. The van der Waals surface area contributed by atoms with Gasteiger partial charge in [-0.15, -0.1) is 0 Å². The van der Waals surface area contributed by atoms with E-state index in [1.165, 1.54) is 12.1 Å². The highest BCUT2D eigenvalue weighted by Crippen LogP contribution is 2.34. The third-order valence-corrected chi connectivity index (χ3v) is 4.24. The molecule has 0 saturated heterocycles. The first-order valence-corrected chi connectivity index (χ1v) is 7.56. The summed E-state index contributed by atoms with van der Waals surface area (Å²) in [6.45, 7) is -0.139. The van der Waals surface area contributed by atoms with E-state index in [0.29, 0.717) is 26.4 Å². The Kier molecular flexibility index (Phi) is 4.30. The Hall–Kier alpha value is -1.68. The Morgan fingerprint density at radius 1 is 1.05 bits per heavy atom. The fourth-order valence-corrected chi connectivity index (χ4v) is 2.73. The Labute approximate surface area is 141 Å². The molecule has 0 bridgehead atoms. The van der Waals surface area contributed by atoms with E-state index in [9.17, 15) is 4.79 Å². The van der Waals surface area contributed by atoms with Crippen LogP contribution in [0.2, 0.25) is 15.1 Å². The number of rotatable bonds is 4. The quantitative estimate of drug-likeness (QED) is 0.504. The topological polar surface area (TPSA) is 42.1 Å². The number of hydrogen-bond acceptors (Lipinski definition) is 2. The number of ether oxygens (including phenoxy) is 1. The number of carbonyl (C=O) groups is 1. The number of carbonyl (C=O) groups excluding carboxylic acids is 1. The number of para-hydroxylation sites is 1. The molecule has 6 heteroatoms. The minimum Gasteiger partial charge on any atom is -0.484 e. The molecule has 0 aliphatic rings. The molecule has 1 N–H and O–H groups in total. The summed E-state index contributed by atoms with van der Waals surface area (Å²) in [5, 5.41) is 1.82. The number of benzene rings is 2. The van der Waals surface area contributed by atoms with Crippen LogP contribution in [0.3, 0.4) is 0 Å². The van der Waals surface area contributed by atoms with E-state index in [4.69, 9.17) is 39.5 Å². The molecule has 1 aromatic heterocycles. The van der Waals surface area contributed by atoms with Crippen LogP contribution in [-0.4, -0.2) is 17.4 Å². The largest absolute Gasteiger partial charge is 0.484 e. The van der Waals surface area contributed by atoms with Crippen LogP contribution in [0.5, 0.6) is 5.75 Å². The molecule has 3 nitrogen and oxygen atoms in total. The standard InChI is InChI=1S/C16H10Cl3NO2/c17-11-5-13(19)16(6-12(11)18)22-8-15(21)10-7-20-14-4-2-1-3-9(10)14/h1-7,20H,8H2. The number of Topliss-reactive ketones (excluding diaryl/α,β-unsaturated/α-hetero) is 1. The molecule has 3 aromatic rings. The zero-order chi connectivity index (χ0) is 15.7. The fraction of sp³-hybridized carbons (Fsp3) is 0.0625. The van der Waals surface area contributed by atoms with Gasteiger partial charge in [0.25, 0.3) is 0 Å². The average molecular weight is 355 g/mol. The molecule has 3 rings (SSSR count). The Morgan fingerprint density at radius 2 is 1.77 bits per heavy atom. The lowest BCUT2D eigenvalue weighted by Crippen LogP contribution is -2.11. The van der Waals surface area contributed by atoms with Crippen LogP contribution in [0.15, 0.2) is 42.6 Å². The molecular weight excluding hydrogens is 345 g/mol.